The Kier molecular flexibility index (Phi) is 4.66. The van der Waals surface area contributed by atoms with Crippen LogP contribution in [0.1, 0.15) is 12.0 Å². The highest BCUT2D eigenvalue weighted by atomic mass is 19.1. The SMILES string of the molecule is O=C(CCc1ccccc1)Nc1ccc2oc(-c3ccccc3F)nc2c1. The number of hydrogen-bond acceptors (Lipinski definition) is 3. The van der Waals surface area contributed by atoms with Gasteiger partial charge in [0.2, 0.25) is 11.8 Å². The molecule has 0 aliphatic carbocycles. The minimum atomic E-state index is -0.390. The van der Waals surface area contributed by atoms with Crippen molar-refractivity contribution in [3.8, 4) is 11.5 Å². The molecule has 0 atom stereocenters. The first-order valence-electron chi connectivity index (χ1n) is 8.68. The van der Waals surface area contributed by atoms with Crippen molar-refractivity contribution in [3.05, 3.63) is 84.2 Å². The highest BCUT2D eigenvalue weighted by Gasteiger charge is 2.13. The van der Waals surface area contributed by atoms with E-state index in [0.717, 1.165) is 5.56 Å². The molecule has 3 aromatic carbocycles. The van der Waals surface area contributed by atoms with Gasteiger partial charge < -0.3 is 9.73 Å². The Balaban J connectivity index is 1.48. The van der Waals surface area contributed by atoms with Crippen LogP contribution >= 0.6 is 0 Å². The van der Waals surface area contributed by atoms with Crippen LogP contribution in [0.4, 0.5) is 10.1 Å². The van der Waals surface area contributed by atoms with E-state index in [4.69, 9.17) is 4.42 Å². The number of amides is 1. The molecule has 1 aromatic heterocycles. The summed E-state index contributed by atoms with van der Waals surface area (Å²) in [5.41, 5.74) is 3.16. The van der Waals surface area contributed by atoms with E-state index in [9.17, 15) is 9.18 Å². The van der Waals surface area contributed by atoms with Gasteiger partial charge in [0, 0.05) is 12.1 Å². The maximum absolute atomic E-state index is 13.9. The second-order valence-corrected chi connectivity index (χ2v) is 6.22. The number of oxazole rings is 1. The number of aromatic nitrogens is 1. The molecule has 0 bridgehead atoms. The van der Waals surface area contributed by atoms with Gasteiger partial charge in [-0.3, -0.25) is 4.79 Å². The van der Waals surface area contributed by atoms with Gasteiger partial charge >= 0.3 is 0 Å². The normalized spacial score (nSPS) is 10.9. The molecule has 134 valence electrons. The van der Waals surface area contributed by atoms with Crippen molar-refractivity contribution in [2.45, 2.75) is 12.8 Å². The van der Waals surface area contributed by atoms with Crippen molar-refractivity contribution >= 4 is 22.7 Å². The number of nitrogens with one attached hydrogen (secondary N) is 1. The summed E-state index contributed by atoms with van der Waals surface area (Å²) in [6, 6.07) is 21.4. The second kappa shape index (κ2) is 7.41. The van der Waals surface area contributed by atoms with Crippen LogP contribution in [0.3, 0.4) is 0 Å². The molecule has 4 rings (SSSR count). The lowest BCUT2D eigenvalue weighted by atomic mass is 10.1. The van der Waals surface area contributed by atoms with Crippen molar-refractivity contribution in [2.75, 3.05) is 5.32 Å². The minimum absolute atomic E-state index is 0.0731. The zero-order chi connectivity index (χ0) is 18.6. The van der Waals surface area contributed by atoms with Crippen LogP contribution in [0.25, 0.3) is 22.6 Å². The van der Waals surface area contributed by atoms with Crippen LogP contribution < -0.4 is 5.32 Å². The molecule has 0 saturated heterocycles. The Morgan fingerprint density at radius 1 is 1.00 bits per heavy atom. The van der Waals surface area contributed by atoms with Crippen LogP contribution in [0.2, 0.25) is 0 Å². The lowest BCUT2D eigenvalue weighted by Crippen LogP contribution is -2.12. The zero-order valence-electron chi connectivity index (χ0n) is 14.5. The summed E-state index contributed by atoms with van der Waals surface area (Å²) in [4.78, 5) is 16.5. The summed E-state index contributed by atoms with van der Waals surface area (Å²) in [5, 5.41) is 2.87. The summed E-state index contributed by atoms with van der Waals surface area (Å²) in [7, 11) is 0. The van der Waals surface area contributed by atoms with Gasteiger partial charge in [-0.15, -0.1) is 0 Å². The Hall–Kier alpha value is -3.47. The average Bonchev–Trinajstić information content (AvgIpc) is 3.10. The molecule has 0 radical (unpaired) electrons. The van der Waals surface area contributed by atoms with Crippen molar-refractivity contribution in [2.24, 2.45) is 0 Å². The van der Waals surface area contributed by atoms with Crippen molar-refractivity contribution < 1.29 is 13.6 Å². The number of rotatable bonds is 5. The Bertz CT molecular complexity index is 1090. The smallest absolute Gasteiger partial charge is 0.230 e. The molecule has 0 spiro atoms. The van der Waals surface area contributed by atoms with Gasteiger partial charge in [-0.05, 0) is 42.3 Å². The molecular formula is C22H17FN2O2. The third kappa shape index (κ3) is 3.87. The van der Waals surface area contributed by atoms with Crippen LogP contribution in [-0.2, 0) is 11.2 Å². The molecule has 0 aliphatic heterocycles. The van der Waals surface area contributed by atoms with Crippen molar-refractivity contribution in [3.63, 3.8) is 0 Å². The molecule has 1 amide bonds. The number of carbonyl (C=O) groups excluding carboxylic acids is 1. The van der Waals surface area contributed by atoms with Gasteiger partial charge in [-0.1, -0.05) is 42.5 Å². The van der Waals surface area contributed by atoms with E-state index in [-0.39, 0.29) is 11.8 Å². The third-order valence-corrected chi connectivity index (χ3v) is 4.26. The number of aryl methyl sites for hydroxylation is 1. The van der Waals surface area contributed by atoms with E-state index in [1.54, 1.807) is 36.4 Å². The fourth-order valence-electron chi connectivity index (χ4n) is 2.88. The predicted octanol–water partition coefficient (Wildman–Crippen LogP) is 5.21. The summed E-state index contributed by atoms with van der Waals surface area (Å²) in [6.07, 6.45) is 1.07. The standard InChI is InChI=1S/C22H17FN2O2/c23-18-9-5-4-8-17(18)22-25-19-14-16(11-12-20(19)27-22)24-21(26)13-10-15-6-2-1-3-7-15/h1-9,11-12,14H,10,13H2,(H,24,26). The first kappa shape index (κ1) is 17.0. The highest BCUT2D eigenvalue weighted by Crippen LogP contribution is 2.27. The number of carbonyl (C=O) groups is 1. The molecule has 4 aromatic rings. The fraction of sp³-hybridized carbons (Fsp3) is 0.0909. The molecule has 27 heavy (non-hydrogen) atoms. The number of fused-ring (bicyclic) bond motifs is 1. The van der Waals surface area contributed by atoms with Crippen molar-refractivity contribution in [1.29, 1.82) is 0 Å². The van der Waals surface area contributed by atoms with E-state index in [1.165, 1.54) is 6.07 Å². The topological polar surface area (TPSA) is 55.1 Å². The molecule has 0 aliphatic rings. The molecule has 4 nitrogen and oxygen atoms in total. The Labute approximate surface area is 155 Å². The number of anilines is 1. The molecule has 0 saturated carbocycles. The predicted molar refractivity (Wildman–Crippen MR) is 103 cm³/mol. The van der Waals surface area contributed by atoms with Crippen LogP contribution in [0, 0.1) is 5.82 Å². The minimum Gasteiger partial charge on any atom is -0.436 e. The molecule has 1 N–H and O–H groups in total. The van der Waals surface area contributed by atoms with Gasteiger partial charge in [0.25, 0.3) is 0 Å². The second-order valence-electron chi connectivity index (χ2n) is 6.22. The lowest BCUT2D eigenvalue weighted by Gasteiger charge is -2.05. The van der Waals surface area contributed by atoms with E-state index in [2.05, 4.69) is 10.3 Å². The van der Waals surface area contributed by atoms with Crippen LogP contribution in [0.5, 0.6) is 0 Å². The molecular weight excluding hydrogens is 343 g/mol. The van der Waals surface area contributed by atoms with E-state index >= 15 is 0 Å². The molecule has 0 unspecified atom stereocenters. The molecule has 5 heteroatoms. The van der Waals surface area contributed by atoms with Gasteiger partial charge in [-0.2, -0.15) is 0 Å². The summed E-state index contributed by atoms with van der Waals surface area (Å²) in [6.45, 7) is 0. The summed E-state index contributed by atoms with van der Waals surface area (Å²) >= 11 is 0. The van der Waals surface area contributed by atoms with Crippen LogP contribution in [-0.4, -0.2) is 10.9 Å². The number of nitrogens with zero attached hydrogens (tertiary/aromatic N) is 1. The third-order valence-electron chi connectivity index (χ3n) is 4.26. The summed E-state index contributed by atoms with van der Waals surface area (Å²) < 4.78 is 19.6. The number of halogens is 1. The van der Waals surface area contributed by atoms with Crippen LogP contribution in [0.15, 0.2) is 77.2 Å². The van der Waals surface area contributed by atoms with E-state index < -0.39 is 5.82 Å². The maximum Gasteiger partial charge on any atom is 0.230 e. The van der Waals surface area contributed by atoms with E-state index in [0.29, 0.717) is 35.2 Å². The highest BCUT2D eigenvalue weighted by molar-refractivity contribution is 5.93. The quantitative estimate of drug-likeness (QED) is 0.532. The number of hydrogen-bond donors (Lipinski definition) is 1. The van der Waals surface area contributed by atoms with Gasteiger partial charge in [0.15, 0.2) is 5.58 Å². The lowest BCUT2D eigenvalue weighted by molar-refractivity contribution is -0.116. The Morgan fingerprint density at radius 3 is 2.59 bits per heavy atom. The van der Waals surface area contributed by atoms with Gasteiger partial charge in [0.1, 0.15) is 11.3 Å². The largest absolute Gasteiger partial charge is 0.436 e. The van der Waals surface area contributed by atoms with Crippen molar-refractivity contribution in [1.82, 2.24) is 4.98 Å². The van der Waals surface area contributed by atoms with E-state index in [1.807, 2.05) is 30.3 Å². The summed E-state index contributed by atoms with van der Waals surface area (Å²) in [5.74, 6) is -0.245. The fourth-order valence-corrected chi connectivity index (χ4v) is 2.88. The Morgan fingerprint density at radius 2 is 1.78 bits per heavy atom. The molecule has 0 fully saturated rings. The maximum atomic E-state index is 13.9. The average molecular weight is 360 g/mol. The first-order valence-corrected chi connectivity index (χ1v) is 8.68. The van der Waals surface area contributed by atoms with Gasteiger partial charge in [0.05, 0.1) is 5.56 Å². The van der Waals surface area contributed by atoms with Gasteiger partial charge in [-0.25, -0.2) is 9.37 Å². The first-order chi connectivity index (χ1) is 13.2. The monoisotopic (exact) mass is 360 g/mol. The number of benzene rings is 3. The molecule has 1 heterocycles. The zero-order valence-corrected chi connectivity index (χ0v) is 14.5.